The van der Waals surface area contributed by atoms with Crippen LogP contribution in [-0.2, 0) is 6.54 Å². The van der Waals surface area contributed by atoms with Crippen LogP contribution in [0.2, 0.25) is 0 Å². The van der Waals surface area contributed by atoms with E-state index in [1.165, 1.54) is 10.9 Å². The molecule has 3 rings (SSSR count). The number of nitrogens with zero attached hydrogens (tertiary/aromatic N) is 2. The van der Waals surface area contributed by atoms with Crippen molar-refractivity contribution in [2.45, 2.75) is 13.5 Å². The Bertz CT molecular complexity index is 881. The Morgan fingerprint density at radius 1 is 1.33 bits per heavy atom. The average Bonchev–Trinajstić information content (AvgIpc) is 2.81. The number of fused-ring (bicyclic) bond motifs is 1. The lowest BCUT2D eigenvalue weighted by molar-refractivity contribution is 0.0701. The summed E-state index contributed by atoms with van der Waals surface area (Å²) in [6.45, 7) is 2.07. The second-order valence-electron chi connectivity index (χ2n) is 4.70. The Hall–Kier alpha value is -2.47. The van der Waals surface area contributed by atoms with Gasteiger partial charge in [-0.2, -0.15) is 0 Å². The molecule has 2 heterocycles. The summed E-state index contributed by atoms with van der Waals surface area (Å²) in [5, 5.41) is 9.53. The maximum Gasteiger partial charge on any atom is 0.346 e. The molecule has 21 heavy (non-hydrogen) atoms. The summed E-state index contributed by atoms with van der Waals surface area (Å²) >= 11 is 1.04. The fraction of sp³-hybridized carbons (Fsp3) is 0.133. The third-order valence-corrected chi connectivity index (χ3v) is 4.50. The molecule has 106 valence electrons. The molecule has 0 radical (unpaired) electrons. The Labute approximate surface area is 124 Å². The minimum atomic E-state index is -1.02. The summed E-state index contributed by atoms with van der Waals surface area (Å²) in [6.07, 6.45) is 1.47. The molecule has 0 atom stereocenters. The molecule has 0 amide bonds. The first-order valence-corrected chi connectivity index (χ1v) is 7.15. The zero-order valence-electron chi connectivity index (χ0n) is 11.2. The average molecular weight is 300 g/mol. The van der Waals surface area contributed by atoms with E-state index in [0.717, 1.165) is 16.9 Å². The number of hydrogen-bond acceptors (Lipinski definition) is 4. The topological polar surface area (TPSA) is 72.2 Å². The minimum absolute atomic E-state index is 0.173. The highest BCUT2D eigenvalue weighted by molar-refractivity contribution is 7.20. The zero-order chi connectivity index (χ0) is 15.0. The van der Waals surface area contributed by atoms with Gasteiger partial charge in [0, 0.05) is 0 Å². The molecule has 0 saturated carbocycles. The highest BCUT2D eigenvalue weighted by Crippen LogP contribution is 2.26. The normalized spacial score (nSPS) is 10.9. The second-order valence-corrected chi connectivity index (χ2v) is 5.70. The third kappa shape index (κ3) is 2.34. The minimum Gasteiger partial charge on any atom is -0.477 e. The Morgan fingerprint density at radius 3 is 2.71 bits per heavy atom. The smallest absolute Gasteiger partial charge is 0.346 e. The third-order valence-electron chi connectivity index (χ3n) is 3.31. The SMILES string of the molecule is Cc1c(C(=O)O)sc2ncn(Cc3ccccc3)c(=O)c12. The quantitative estimate of drug-likeness (QED) is 0.806. The van der Waals surface area contributed by atoms with Crippen molar-refractivity contribution in [3.8, 4) is 0 Å². The van der Waals surface area contributed by atoms with Gasteiger partial charge in [0.25, 0.3) is 5.56 Å². The van der Waals surface area contributed by atoms with Crippen molar-refractivity contribution in [2.24, 2.45) is 0 Å². The van der Waals surface area contributed by atoms with Crippen LogP contribution in [0.5, 0.6) is 0 Å². The first kappa shape index (κ1) is 13.5. The molecule has 0 bridgehead atoms. The van der Waals surface area contributed by atoms with Crippen molar-refractivity contribution in [3.05, 3.63) is 63.0 Å². The summed E-state index contributed by atoms with van der Waals surface area (Å²) in [6, 6.07) is 9.59. The fourth-order valence-corrected chi connectivity index (χ4v) is 3.23. The number of hydrogen-bond donors (Lipinski definition) is 1. The van der Waals surface area contributed by atoms with Crippen molar-refractivity contribution >= 4 is 27.5 Å². The molecule has 0 fully saturated rings. The molecular weight excluding hydrogens is 288 g/mol. The summed E-state index contributed by atoms with van der Waals surface area (Å²) < 4.78 is 1.50. The molecule has 0 unspecified atom stereocenters. The zero-order valence-corrected chi connectivity index (χ0v) is 12.1. The fourth-order valence-electron chi connectivity index (χ4n) is 2.26. The summed E-state index contributed by atoms with van der Waals surface area (Å²) in [5.74, 6) is -1.02. The number of aromatic carboxylic acids is 1. The van der Waals surface area contributed by atoms with Crippen molar-refractivity contribution in [3.63, 3.8) is 0 Å². The lowest BCUT2D eigenvalue weighted by atomic mass is 10.2. The Kier molecular flexibility index (Phi) is 3.31. The molecule has 6 heteroatoms. The lowest BCUT2D eigenvalue weighted by Crippen LogP contribution is -2.21. The highest BCUT2D eigenvalue weighted by atomic mass is 32.1. The van der Waals surface area contributed by atoms with Crippen molar-refractivity contribution in [2.75, 3.05) is 0 Å². The maximum atomic E-state index is 12.5. The predicted octanol–water partition coefficient (Wildman–Crippen LogP) is 2.51. The summed E-state index contributed by atoms with van der Waals surface area (Å²) in [7, 11) is 0. The van der Waals surface area contributed by atoms with Gasteiger partial charge in [0.2, 0.25) is 0 Å². The first-order chi connectivity index (χ1) is 10.1. The van der Waals surface area contributed by atoms with Gasteiger partial charge in [-0.15, -0.1) is 11.3 Å². The molecule has 5 nitrogen and oxygen atoms in total. The van der Waals surface area contributed by atoms with Crippen LogP contribution >= 0.6 is 11.3 Å². The van der Waals surface area contributed by atoms with E-state index in [2.05, 4.69) is 4.98 Å². The van der Waals surface area contributed by atoms with Gasteiger partial charge in [-0.3, -0.25) is 9.36 Å². The van der Waals surface area contributed by atoms with E-state index in [4.69, 9.17) is 5.11 Å². The van der Waals surface area contributed by atoms with Gasteiger partial charge in [-0.1, -0.05) is 30.3 Å². The number of aryl methyl sites for hydroxylation is 1. The van der Waals surface area contributed by atoms with Gasteiger partial charge >= 0.3 is 5.97 Å². The molecule has 3 aromatic rings. The van der Waals surface area contributed by atoms with Crippen LogP contribution in [0.4, 0.5) is 0 Å². The molecule has 2 aromatic heterocycles. The second kappa shape index (κ2) is 5.14. The van der Waals surface area contributed by atoms with E-state index in [-0.39, 0.29) is 10.4 Å². The van der Waals surface area contributed by atoms with Crippen LogP contribution in [-0.4, -0.2) is 20.6 Å². The van der Waals surface area contributed by atoms with Crippen molar-refractivity contribution < 1.29 is 9.90 Å². The lowest BCUT2D eigenvalue weighted by Gasteiger charge is -2.05. The van der Waals surface area contributed by atoms with Crippen LogP contribution in [0, 0.1) is 6.92 Å². The number of thiophene rings is 1. The van der Waals surface area contributed by atoms with Crippen LogP contribution in [0.25, 0.3) is 10.2 Å². The Balaban J connectivity index is 2.14. The first-order valence-electron chi connectivity index (χ1n) is 6.33. The maximum absolute atomic E-state index is 12.5. The molecule has 1 N–H and O–H groups in total. The van der Waals surface area contributed by atoms with E-state index in [0.29, 0.717) is 22.3 Å². The summed E-state index contributed by atoms with van der Waals surface area (Å²) in [4.78, 5) is 28.5. The largest absolute Gasteiger partial charge is 0.477 e. The van der Waals surface area contributed by atoms with E-state index in [9.17, 15) is 9.59 Å². The van der Waals surface area contributed by atoms with Crippen LogP contribution in [0.15, 0.2) is 41.5 Å². The van der Waals surface area contributed by atoms with Crippen LogP contribution in [0.3, 0.4) is 0 Å². The number of carbonyl (C=O) groups is 1. The van der Waals surface area contributed by atoms with Gasteiger partial charge in [0.1, 0.15) is 9.71 Å². The standard InChI is InChI=1S/C15H12N2O3S/c1-9-11-13(21-12(9)15(19)20)16-8-17(14(11)18)7-10-5-3-2-4-6-10/h2-6,8H,7H2,1H3,(H,19,20). The van der Waals surface area contributed by atoms with Crippen LogP contribution < -0.4 is 5.56 Å². The number of benzene rings is 1. The predicted molar refractivity (Wildman–Crippen MR) is 81.1 cm³/mol. The molecule has 1 aromatic carbocycles. The van der Waals surface area contributed by atoms with E-state index in [1.54, 1.807) is 6.92 Å². The number of rotatable bonds is 3. The van der Waals surface area contributed by atoms with Gasteiger partial charge < -0.3 is 5.11 Å². The van der Waals surface area contributed by atoms with Gasteiger partial charge in [0.05, 0.1) is 18.3 Å². The molecular formula is C15H12N2O3S. The van der Waals surface area contributed by atoms with Gasteiger partial charge in [0.15, 0.2) is 0 Å². The van der Waals surface area contributed by atoms with Crippen molar-refractivity contribution in [1.29, 1.82) is 0 Å². The van der Waals surface area contributed by atoms with Gasteiger partial charge in [-0.05, 0) is 18.1 Å². The van der Waals surface area contributed by atoms with E-state index < -0.39 is 5.97 Å². The Morgan fingerprint density at radius 2 is 2.05 bits per heavy atom. The van der Waals surface area contributed by atoms with Crippen LogP contribution in [0.1, 0.15) is 20.8 Å². The molecule has 0 spiro atoms. The van der Waals surface area contributed by atoms with Crippen molar-refractivity contribution in [1.82, 2.24) is 9.55 Å². The summed E-state index contributed by atoms with van der Waals surface area (Å²) in [5.41, 5.74) is 1.28. The highest BCUT2D eigenvalue weighted by Gasteiger charge is 2.18. The molecule has 0 saturated heterocycles. The van der Waals surface area contributed by atoms with E-state index in [1.807, 2.05) is 30.3 Å². The molecule has 0 aliphatic rings. The van der Waals surface area contributed by atoms with Gasteiger partial charge in [-0.25, -0.2) is 9.78 Å². The monoisotopic (exact) mass is 300 g/mol. The number of carboxylic acid groups (broad SMARTS) is 1. The number of aromatic nitrogens is 2. The molecule has 0 aliphatic carbocycles. The molecule has 0 aliphatic heterocycles. The number of carboxylic acids is 1. The van der Waals surface area contributed by atoms with E-state index >= 15 is 0 Å².